The van der Waals surface area contributed by atoms with Gasteiger partial charge in [-0.3, -0.25) is 14.0 Å². The minimum atomic E-state index is -0.532. The first-order valence-corrected chi connectivity index (χ1v) is 24.7. The number of aryl methyl sites for hydroxylation is 4. The zero-order valence-corrected chi connectivity index (χ0v) is 43.3. The summed E-state index contributed by atoms with van der Waals surface area (Å²) < 4.78 is 39.2. The smallest absolute Gasteiger partial charge is 0.338 e. The van der Waals surface area contributed by atoms with Gasteiger partial charge >= 0.3 is 17.9 Å². The number of esters is 3. The van der Waals surface area contributed by atoms with Gasteiger partial charge in [0.25, 0.3) is 0 Å². The minimum absolute atomic E-state index is 0.308. The molecule has 0 spiro atoms. The number of ether oxygens (including phenoxy) is 3. The topological polar surface area (TPSA) is 210 Å². The molecule has 0 bridgehead atoms. The monoisotopic (exact) mass is 1040 g/mol. The molecule has 0 fully saturated rings. The predicted octanol–water partition coefficient (Wildman–Crippen LogP) is 11.6. The highest BCUT2D eigenvalue weighted by Crippen LogP contribution is 2.36. The van der Waals surface area contributed by atoms with Crippen molar-refractivity contribution in [1.29, 1.82) is 0 Å². The Morgan fingerprint density at radius 3 is 1.44 bits per heavy atom. The maximum Gasteiger partial charge on any atom is 0.338 e. The minimum Gasteiger partial charge on any atom is -0.465 e. The van der Waals surface area contributed by atoms with Crippen molar-refractivity contribution in [2.24, 2.45) is 7.05 Å². The predicted molar refractivity (Wildman–Crippen MR) is 289 cm³/mol. The molecule has 12 aromatic rings. The van der Waals surface area contributed by atoms with Gasteiger partial charge < -0.3 is 27.5 Å². The molecule has 0 saturated carbocycles. The fourth-order valence-corrected chi connectivity index (χ4v) is 9.91. The number of rotatable bonds is 13. The maximum absolute atomic E-state index is 13.5. The number of benzene rings is 3. The SMILES string of the molecule is COC(=O)c1cc(-c2ccc(-c3cccc(Cn4nc5nc(-c6ccc(-c7cccc(-c8ccc(Cn9nc%10nc(-c%11ccco%11)cc(C(=O)OC)c%10c9C)cc8)c7)o6)cc(C(=O)OC)c5c4C)c3)o2)nc2nn(C)c(C)c12. The molecule has 9 heterocycles. The summed E-state index contributed by atoms with van der Waals surface area (Å²) in [7, 11) is 5.84. The summed E-state index contributed by atoms with van der Waals surface area (Å²) in [6.07, 6.45) is 1.55. The van der Waals surface area contributed by atoms with Gasteiger partial charge in [0.1, 0.15) is 28.6 Å². The highest BCUT2D eigenvalue weighted by molar-refractivity contribution is 6.06. The van der Waals surface area contributed by atoms with Crippen LogP contribution in [0.3, 0.4) is 0 Å². The van der Waals surface area contributed by atoms with Gasteiger partial charge in [-0.1, -0.05) is 60.7 Å². The van der Waals surface area contributed by atoms with Crippen LogP contribution in [0, 0.1) is 20.8 Å². The van der Waals surface area contributed by atoms with Crippen molar-refractivity contribution >= 4 is 51.0 Å². The second-order valence-corrected chi connectivity index (χ2v) is 18.7. The fourth-order valence-electron chi connectivity index (χ4n) is 9.91. The van der Waals surface area contributed by atoms with Crippen molar-refractivity contribution in [2.75, 3.05) is 21.3 Å². The van der Waals surface area contributed by atoms with Crippen LogP contribution >= 0.6 is 0 Å². The summed E-state index contributed by atoms with van der Waals surface area (Å²) >= 11 is 0. The molecular weight excluding hydrogens is 991 g/mol. The fraction of sp³-hybridized carbons (Fsp3) is 0.150. The standard InChI is InChI=1S/C60H47N9O9/c1-32-52-41(58(70)73-5)28-45(62-55(52)64-67(32)4)50-22-20-47(77-50)39-13-8-11-36(25-39)31-69-34(3)54-43(60(72)75-7)29-46(63-57(54)66-69)51-23-21-48(78-51)40-14-9-12-38(26-40)37-18-16-35(17-19-37)30-68-33(2)53-42(59(71)74-6)27-44(61-56(53)65-68)49-15-10-24-76-49/h8-29H,30-31H2,1-7H3. The highest BCUT2D eigenvalue weighted by atomic mass is 16.5. The average Bonchev–Trinajstić information content (AvgIpc) is 4.45. The summed E-state index contributed by atoms with van der Waals surface area (Å²) in [6.45, 7) is 6.49. The number of fused-ring (bicyclic) bond motifs is 3. The average molecular weight is 1040 g/mol. The first kappa shape index (κ1) is 48.7. The van der Waals surface area contributed by atoms with Gasteiger partial charge in [-0.25, -0.2) is 29.3 Å². The van der Waals surface area contributed by atoms with Crippen LogP contribution < -0.4 is 0 Å². The molecule has 12 rings (SSSR count). The van der Waals surface area contributed by atoms with E-state index in [2.05, 4.69) is 35.4 Å². The molecule has 386 valence electrons. The molecular formula is C60H47N9O9. The Kier molecular flexibility index (Phi) is 12.2. The lowest BCUT2D eigenvalue weighted by atomic mass is 10.0. The molecule has 0 aliphatic rings. The molecule has 18 nitrogen and oxygen atoms in total. The van der Waals surface area contributed by atoms with E-state index in [1.54, 1.807) is 48.3 Å². The summed E-state index contributed by atoms with van der Waals surface area (Å²) in [6, 6.07) is 40.1. The zero-order chi connectivity index (χ0) is 53.9. The number of furan rings is 3. The van der Waals surface area contributed by atoms with E-state index >= 15 is 0 Å². The molecule has 9 aromatic heterocycles. The van der Waals surface area contributed by atoms with E-state index in [1.165, 1.54) is 21.3 Å². The molecule has 0 N–H and O–H groups in total. The lowest BCUT2D eigenvalue weighted by molar-refractivity contribution is 0.0594. The van der Waals surface area contributed by atoms with Crippen LogP contribution in [0.2, 0.25) is 0 Å². The Hall–Kier alpha value is -10.2. The third-order valence-electron chi connectivity index (χ3n) is 14.0. The number of pyridine rings is 3. The lowest BCUT2D eigenvalue weighted by Crippen LogP contribution is -2.05. The first-order chi connectivity index (χ1) is 37.9. The lowest BCUT2D eigenvalue weighted by Gasteiger charge is -2.08. The van der Waals surface area contributed by atoms with Crippen molar-refractivity contribution in [3.63, 3.8) is 0 Å². The van der Waals surface area contributed by atoms with Crippen molar-refractivity contribution in [1.82, 2.24) is 44.3 Å². The van der Waals surface area contributed by atoms with E-state index in [-0.39, 0.29) is 0 Å². The molecule has 18 heteroatoms. The summed E-state index contributed by atoms with van der Waals surface area (Å²) in [5, 5.41) is 16.0. The normalized spacial score (nSPS) is 11.5. The van der Waals surface area contributed by atoms with Gasteiger partial charge in [-0.15, -0.1) is 0 Å². The Bertz CT molecular complexity index is 4350. The number of aromatic nitrogens is 9. The molecule has 0 aliphatic heterocycles. The summed E-state index contributed by atoms with van der Waals surface area (Å²) in [4.78, 5) is 53.6. The number of methoxy groups -OCH3 is 3. The third-order valence-corrected chi connectivity index (χ3v) is 14.0. The summed E-state index contributed by atoms with van der Waals surface area (Å²) in [5.74, 6) is 1.13. The molecule has 78 heavy (non-hydrogen) atoms. The Morgan fingerprint density at radius 1 is 0.449 bits per heavy atom. The Balaban J connectivity index is 0.781. The van der Waals surface area contributed by atoms with Crippen LogP contribution in [0.1, 0.15) is 59.3 Å². The van der Waals surface area contributed by atoms with Crippen LogP contribution in [0.15, 0.2) is 147 Å². The number of nitrogens with zero attached hydrogens (tertiary/aromatic N) is 9. The van der Waals surface area contributed by atoms with Crippen LogP contribution in [0.5, 0.6) is 0 Å². The van der Waals surface area contributed by atoms with Crippen molar-refractivity contribution in [2.45, 2.75) is 33.9 Å². The molecule has 3 aromatic carbocycles. The van der Waals surface area contributed by atoms with Crippen molar-refractivity contribution in [3.8, 4) is 68.1 Å². The molecule has 0 saturated heterocycles. The number of carbonyl (C=O) groups is 3. The quantitative estimate of drug-likeness (QED) is 0.0776. The Morgan fingerprint density at radius 2 is 0.910 bits per heavy atom. The third kappa shape index (κ3) is 8.63. The molecule has 0 unspecified atom stereocenters. The maximum atomic E-state index is 13.5. The summed E-state index contributed by atoms with van der Waals surface area (Å²) in [5.41, 5.74) is 11.4. The van der Waals surface area contributed by atoms with Crippen LogP contribution in [-0.2, 0) is 34.3 Å². The number of carbonyl (C=O) groups excluding carboxylic acids is 3. The van der Waals surface area contributed by atoms with Gasteiger partial charge in [0.2, 0.25) is 0 Å². The molecule has 0 atom stereocenters. The van der Waals surface area contributed by atoms with E-state index in [0.717, 1.165) is 50.5 Å². The van der Waals surface area contributed by atoms with Gasteiger partial charge in [-0.05, 0) is 110 Å². The highest BCUT2D eigenvalue weighted by Gasteiger charge is 2.25. The van der Waals surface area contributed by atoms with Crippen LogP contribution in [0.4, 0.5) is 0 Å². The van der Waals surface area contributed by atoms with E-state index in [9.17, 15) is 14.4 Å². The van der Waals surface area contributed by atoms with E-state index in [0.29, 0.717) is 109 Å². The van der Waals surface area contributed by atoms with E-state index in [4.69, 9.17) is 52.6 Å². The largest absolute Gasteiger partial charge is 0.465 e. The Labute approximate surface area is 444 Å². The zero-order valence-electron chi connectivity index (χ0n) is 43.3. The van der Waals surface area contributed by atoms with Gasteiger partial charge in [-0.2, -0.15) is 15.3 Å². The number of hydrogen-bond donors (Lipinski definition) is 0. The van der Waals surface area contributed by atoms with Crippen molar-refractivity contribution < 1.29 is 41.8 Å². The van der Waals surface area contributed by atoms with Crippen LogP contribution in [-0.4, -0.2) is 83.5 Å². The first-order valence-electron chi connectivity index (χ1n) is 24.7. The molecule has 0 aliphatic carbocycles. The molecule has 0 radical (unpaired) electrons. The molecule has 0 amide bonds. The van der Waals surface area contributed by atoms with Crippen LogP contribution in [0.25, 0.3) is 101 Å². The second-order valence-electron chi connectivity index (χ2n) is 18.7. The van der Waals surface area contributed by atoms with Gasteiger partial charge in [0.15, 0.2) is 34.2 Å². The van der Waals surface area contributed by atoms with Gasteiger partial charge in [0, 0.05) is 35.3 Å². The van der Waals surface area contributed by atoms with E-state index in [1.807, 2.05) is 96.9 Å². The van der Waals surface area contributed by atoms with E-state index < -0.39 is 17.9 Å². The van der Waals surface area contributed by atoms with Crippen molar-refractivity contribution in [3.05, 3.63) is 179 Å². The number of hydrogen-bond acceptors (Lipinski definition) is 15. The van der Waals surface area contributed by atoms with Gasteiger partial charge in [0.05, 0.1) is 73.5 Å². The second kappa shape index (κ2) is 19.5.